The normalized spacial score (nSPS) is 14.0. The van der Waals surface area contributed by atoms with Gasteiger partial charge in [-0.3, -0.25) is 9.78 Å². The van der Waals surface area contributed by atoms with E-state index in [-0.39, 0.29) is 17.8 Å². The van der Waals surface area contributed by atoms with E-state index < -0.39 is 5.91 Å². The van der Waals surface area contributed by atoms with Crippen molar-refractivity contribution in [3.05, 3.63) is 54.2 Å². The lowest BCUT2D eigenvalue weighted by atomic mass is 10.1. The topological polar surface area (TPSA) is 142 Å². The van der Waals surface area contributed by atoms with Crippen molar-refractivity contribution in [1.29, 1.82) is 0 Å². The molecule has 0 saturated carbocycles. The lowest BCUT2D eigenvalue weighted by molar-refractivity contribution is -0.0441. The molecular weight excluding hydrogens is 424 g/mol. The average molecular weight is 446 g/mol. The molecule has 1 aliphatic heterocycles. The number of amides is 1. The Morgan fingerprint density at radius 1 is 1.12 bits per heavy atom. The highest BCUT2D eigenvalue weighted by molar-refractivity contribution is 5.99. The van der Waals surface area contributed by atoms with Gasteiger partial charge >= 0.3 is 0 Å². The second-order valence-corrected chi connectivity index (χ2v) is 7.46. The van der Waals surface area contributed by atoms with Crippen LogP contribution in [0, 0.1) is 0 Å². The van der Waals surface area contributed by atoms with E-state index in [2.05, 4.69) is 30.6 Å². The molecule has 4 N–H and O–H groups in total. The van der Waals surface area contributed by atoms with Gasteiger partial charge in [-0.2, -0.15) is 0 Å². The summed E-state index contributed by atoms with van der Waals surface area (Å²) < 4.78 is 12.9. The number of hydrogen-bond acceptors (Lipinski definition) is 9. The summed E-state index contributed by atoms with van der Waals surface area (Å²) in [7, 11) is 3.60. The van der Waals surface area contributed by atoms with E-state index >= 15 is 0 Å². The molecule has 1 amide bonds. The Bertz CT molecular complexity index is 1330. The number of carbonyl (C=O) groups excluding carboxylic acids is 1. The first kappa shape index (κ1) is 20.8. The van der Waals surface area contributed by atoms with Crippen molar-refractivity contribution in [2.75, 3.05) is 30.9 Å². The molecule has 11 nitrogen and oxygen atoms in total. The molecule has 168 valence electrons. The molecule has 0 unspecified atom stereocenters. The van der Waals surface area contributed by atoms with E-state index in [4.69, 9.17) is 15.2 Å². The van der Waals surface area contributed by atoms with E-state index in [9.17, 15) is 4.79 Å². The highest BCUT2D eigenvalue weighted by atomic mass is 16.7. The van der Waals surface area contributed by atoms with E-state index in [1.807, 2.05) is 35.9 Å². The first-order valence-corrected chi connectivity index (χ1v) is 10.3. The van der Waals surface area contributed by atoms with Crippen LogP contribution in [0.25, 0.3) is 22.3 Å². The quantitative estimate of drug-likeness (QED) is 0.407. The van der Waals surface area contributed by atoms with Gasteiger partial charge in [-0.25, -0.2) is 15.0 Å². The number of pyridine rings is 1. The van der Waals surface area contributed by atoms with Gasteiger partial charge in [-0.15, -0.1) is 0 Å². The van der Waals surface area contributed by atoms with Crippen LogP contribution in [0.15, 0.2) is 43.0 Å². The van der Waals surface area contributed by atoms with E-state index in [1.54, 1.807) is 25.8 Å². The number of nitrogens with zero attached hydrogens (tertiary/aromatic N) is 5. The smallest absolute Gasteiger partial charge is 0.271 e. The summed E-state index contributed by atoms with van der Waals surface area (Å²) in [5.41, 5.74) is 9.87. The Labute approximate surface area is 189 Å². The van der Waals surface area contributed by atoms with Crippen LogP contribution >= 0.6 is 0 Å². The zero-order chi connectivity index (χ0) is 22.9. The Morgan fingerprint density at radius 2 is 1.88 bits per heavy atom. The van der Waals surface area contributed by atoms with Crippen molar-refractivity contribution in [1.82, 2.24) is 24.5 Å². The van der Waals surface area contributed by atoms with Gasteiger partial charge in [0.15, 0.2) is 23.6 Å². The van der Waals surface area contributed by atoms with Crippen LogP contribution in [0.4, 0.5) is 17.3 Å². The highest BCUT2D eigenvalue weighted by Crippen LogP contribution is 2.32. The van der Waals surface area contributed by atoms with Crippen LogP contribution in [0.2, 0.25) is 0 Å². The Hall–Kier alpha value is -4.09. The minimum Gasteiger partial charge on any atom is -0.371 e. The number of benzene rings is 1. The predicted octanol–water partition coefficient (Wildman–Crippen LogP) is 2.35. The molecule has 33 heavy (non-hydrogen) atoms. The summed E-state index contributed by atoms with van der Waals surface area (Å²) in [6.07, 6.45) is 4.69. The fourth-order valence-electron chi connectivity index (χ4n) is 3.68. The Kier molecular flexibility index (Phi) is 5.32. The molecule has 4 heterocycles. The Balaban J connectivity index is 1.54. The van der Waals surface area contributed by atoms with Gasteiger partial charge in [-0.05, 0) is 12.1 Å². The van der Waals surface area contributed by atoms with Gasteiger partial charge in [0, 0.05) is 31.5 Å². The third-order valence-electron chi connectivity index (χ3n) is 5.33. The summed E-state index contributed by atoms with van der Waals surface area (Å²) in [5, 5.41) is 6.18. The van der Waals surface area contributed by atoms with Gasteiger partial charge in [0.25, 0.3) is 5.91 Å². The number of primary amides is 1. The van der Waals surface area contributed by atoms with Crippen molar-refractivity contribution in [2.24, 2.45) is 12.8 Å². The maximum absolute atomic E-state index is 12.3. The monoisotopic (exact) mass is 446 g/mol. The molecule has 4 aromatic rings. The number of nitrogens with two attached hydrogens (primary N) is 1. The van der Waals surface area contributed by atoms with Crippen molar-refractivity contribution in [2.45, 2.75) is 6.29 Å². The van der Waals surface area contributed by atoms with Gasteiger partial charge in [-0.1, -0.05) is 12.1 Å². The number of ether oxygens (including phenoxy) is 2. The second-order valence-electron chi connectivity index (χ2n) is 7.46. The number of anilines is 3. The standard InChI is InChI=1S/C22H22N8O3/c1-24-20-17(14-9-25-10-15-16(14)26-11-30(15)2)28-18(19(23)31)21(29-20)27-13-5-3-12(4-6-13)22-32-7-8-33-22/h3-6,9-11,22H,7-8H2,1-2H3,(H2,23,31)(H2,24,27,29). The lowest BCUT2D eigenvalue weighted by Gasteiger charge is -2.15. The van der Waals surface area contributed by atoms with Gasteiger partial charge in [0.2, 0.25) is 0 Å². The SMILES string of the molecule is CNc1nc(Nc2ccc(C3OCCO3)cc2)c(C(N)=O)nc1-c1cncc2c1ncn2C. The molecule has 1 aromatic carbocycles. The fourth-order valence-corrected chi connectivity index (χ4v) is 3.68. The molecule has 0 radical (unpaired) electrons. The Morgan fingerprint density at radius 3 is 2.58 bits per heavy atom. The number of imidazole rings is 1. The summed E-state index contributed by atoms with van der Waals surface area (Å²) in [6.45, 7) is 1.15. The summed E-state index contributed by atoms with van der Waals surface area (Å²) in [5.74, 6) is -0.0239. The van der Waals surface area contributed by atoms with Crippen LogP contribution < -0.4 is 16.4 Å². The summed E-state index contributed by atoms with van der Waals surface area (Å²) >= 11 is 0. The molecule has 5 rings (SSSR count). The van der Waals surface area contributed by atoms with Crippen LogP contribution in [-0.2, 0) is 16.5 Å². The minimum absolute atomic E-state index is 0.00321. The fraction of sp³-hybridized carbons (Fsp3) is 0.227. The number of hydrogen-bond donors (Lipinski definition) is 3. The first-order valence-electron chi connectivity index (χ1n) is 10.3. The predicted molar refractivity (Wildman–Crippen MR) is 122 cm³/mol. The van der Waals surface area contributed by atoms with Crippen molar-refractivity contribution >= 4 is 34.3 Å². The van der Waals surface area contributed by atoms with Gasteiger partial charge in [0.1, 0.15) is 11.2 Å². The van der Waals surface area contributed by atoms with Gasteiger partial charge < -0.3 is 30.4 Å². The number of nitrogens with one attached hydrogen (secondary N) is 2. The number of carbonyl (C=O) groups is 1. The number of aryl methyl sites for hydroxylation is 1. The van der Waals surface area contributed by atoms with Crippen molar-refractivity contribution in [3.63, 3.8) is 0 Å². The van der Waals surface area contributed by atoms with Crippen LogP contribution in [0.5, 0.6) is 0 Å². The second kappa shape index (κ2) is 8.45. The van der Waals surface area contributed by atoms with Crippen LogP contribution in [0.3, 0.4) is 0 Å². The maximum Gasteiger partial charge on any atom is 0.271 e. The highest BCUT2D eigenvalue weighted by Gasteiger charge is 2.22. The number of fused-ring (bicyclic) bond motifs is 1. The lowest BCUT2D eigenvalue weighted by Crippen LogP contribution is -2.18. The molecule has 0 bridgehead atoms. The molecule has 11 heteroatoms. The first-order chi connectivity index (χ1) is 16.0. The molecule has 1 aliphatic rings. The zero-order valence-electron chi connectivity index (χ0n) is 18.1. The molecule has 0 atom stereocenters. The van der Waals surface area contributed by atoms with E-state index in [0.29, 0.717) is 41.5 Å². The zero-order valence-corrected chi connectivity index (χ0v) is 18.1. The third-order valence-corrected chi connectivity index (χ3v) is 5.33. The number of aromatic nitrogens is 5. The van der Waals surface area contributed by atoms with E-state index in [0.717, 1.165) is 11.1 Å². The van der Waals surface area contributed by atoms with E-state index in [1.165, 1.54) is 0 Å². The van der Waals surface area contributed by atoms with Gasteiger partial charge in [0.05, 0.1) is 36.8 Å². The molecule has 1 saturated heterocycles. The van der Waals surface area contributed by atoms with Crippen LogP contribution in [-0.4, -0.2) is 50.7 Å². The van der Waals surface area contributed by atoms with Crippen molar-refractivity contribution in [3.8, 4) is 11.3 Å². The van der Waals surface area contributed by atoms with Crippen LogP contribution in [0.1, 0.15) is 22.3 Å². The molecule has 1 fully saturated rings. The largest absolute Gasteiger partial charge is 0.371 e. The average Bonchev–Trinajstić information content (AvgIpc) is 3.50. The molecule has 3 aromatic heterocycles. The number of rotatable bonds is 6. The maximum atomic E-state index is 12.3. The third kappa shape index (κ3) is 3.83. The van der Waals surface area contributed by atoms with Crippen molar-refractivity contribution < 1.29 is 14.3 Å². The molecule has 0 aliphatic carbocycles. The summed E-state index contributed by atoms with van der Waals surface area (Å²) in [6, 6.07) is 7.46. The molecular formula is C22H22N8O3. The summed E-state index contributed by atoms with van der Waals surface area (Å²) in [4.78, 5) is 30.2. The molecule has 0 spiro atoms. The minimum atomic E-state index is -0.709.